The Bertz CT molecular complexity index is 1460. The third-order valence-corrected chi connectivity index (χ3v) is 9.23. The van der Waals surface area contributed by atoms with Crippen LogP contribution >= 0.6 is 15.9 Å². The highest BCUT2D eigenvalue weighted by Gasteiger charge is 2.34. The quantitative estimate of drug-likeness (QED) is 0.277. The van der Waals surface area contributed by atoms with E-state index in [1.54, 1.807) is 31.2 Å². The van der Waals surface area contributed by atoms with E-state index in [9.17, 15) is 18.0 Å². The molecule has 0 heterocycles. The molecule has 41 heavy (non-hydrogen) atoms. The van der Waals surface area contributed by atoms with E-state index in [4.69, 9.17) is 4.74 Å². The molecule has 3 aromatic rings. The molecule has 10 heteroatoms. The Hall–Kier alpha value is -3.37. The first kappa shape index (κ1) is 32.1. The lowest BCUT2D eigenvalue weighted by molar-refractivity contribution is -0.139. The van der Waals surface area contributed by atoms with Gasteiger partial charge < -0.3 is 15.0 Å². The summed E-state index contributed by atoms with van der Waals surface area (Å²) in [6.45, 7) is 8.79. The number of sulfonamides is 1. The molecule has 2 atom stereocenters. The van der Waals surface area contributed by atoms with Crippen LogP contribution < -0.4 is 14.4 Å². The lowest BCUT2D eigenvalue weighted by atomic mass is 10.1. The fraction of sp³-hybridized carbons (Fsp3) is 0.355. The van der Waals surface area contributed by atoms with Crippen LogP contribution in [0.5, 0.6) is 5.75 Å². The number of ether oxygens (including phenoxy) is 1. The summed E-state index contributed by atoms with van der Waals surface area (Å²) in [4.78, 5) is 28.8. The van der Waals surface area contributed by atoms with Crippen LogP contribution in [0.2, 0.25) is 0 Å². The van der Waals surface area contributed by atoms with Crippen LogP contribution in [0, 0.1) is 13.8 Å². The maximum atomic E-state index is 14.1. The highest BCUT2D eigenvalue weighted by Crippen LogP contribution is 2.34. The van der Waals surface area contributed by atoms with Gasteiger partial charge in [-0.1, -0.05) is 58.7 Å². The van der Waals surface area contributed by atoms with Crippen LogP contribution in [-0.4, -0.2) is 50.9 Å². The van der Waals surface area contributed by atoms with Gasteiger partial charge in [-0.05, 0) is 81.6 Å². The Kier molecular flexibility index (Phi) is 11.0. The van der Waals surface area contributed by atoms with Gasteiger partial charge in [-0.15, -0.1) is 0 Å². The average Bonchev–Trinajstić information content (AvgIpc) is 2.95. The number of nitrogens with zero attached hydrogens (tertiary/aromatic N) is 2. The molecule has 0 fully saturated rings. The largest absolute Gasteiger partial charge is 0.495 e. The second kappa shape index (κ2) is 14.0. The molecule has 0 radical (unpaired) electrons. The minimum absolute atomic E-state index is 0.0430. The van der Waals surface area contributed by atoms with Gasteiger partial charge in [-0.3, -0.25) is 13.9 Å². The Morgan fingerprint density at radius 2 is 1.56 bits per heavy atom. The van der Waals surface area contributed by atoms with E-state index < -0.39 is 28.5 Å². The summed E-state index contributed by atoms with van der Waals surface area (Å²) >= 11 is 3.42. The fourth-order valence-corrected chi connectivity index (χ4v) is 5.86. The first-order valence-corrected chi connectivity index (χ1v) is 15.7. The van der Waals surface area contributed by atoms with E-state index in [0.29, 0.717) is 5.75 Å². The van der Waals surface area contributed by atoms with Crippen molar-refractivity contribution in [1.82, 2.24) is 10.2 Å². The van der Waals surface area contributed by atoms with Crippen molar-refractivity contribution in [3.63, 3.8) is 0 Å². The molecule has 0 bridgehead atoms. The van der Waals surface area contributed by atoms with Crippen LogP contribution in [-0.2, 0) is 26.2 Å². The number of hydrogen-bond donors (Lipinski definition) is 1. The van der Waals surface area contributed by atoms with Crippen molar-refractivity contribution < 1.29 is 22.7 Å². The monoisotopic (exact) mass is 643 g/mol. The molecule has 0 unspecified atom stereocenters. The van der Waals surface area contributed by atoms with Crippen LogP contribution in [0.4, 0.5) is 5.69 Å². The Morgan fingerprint density at radius 3 is 2.15 bits per heavy atom. The molecular formula is C31H38BrN3O5S. The number of aryl methyl sites for hydroxylation is 2. The molecule has 8 nitrogen and oxygen atoms in total. The zero-order chi connectivity index (χ0) is 30.3. The second-order valence-corrected chi connectivity index (χ2v) is 12.9. The average molecular weight is 645 g/mol. The Morgan fingerprint density at radius 1 is 0.951 bits per heavy atom. The SMILES string of the molecule is CC[C@H](C)NC(=O)[C@@H](C)N(Cc1ccc(Br)cc1)C(=O)CN(c1cc(C)ccc1OC)S(=O)(=O)c1ccc(C)cc1. The summed E-state index contributed by atoms with van der Waals surface area (Å²) in [5.74, 6) is -0.536. The van der Waals surface area contributed by atoms with E-state index >= 15 is 0 Å². The number of nitrogens with one attached hydrogen (secondary N) is 1. The molecule has 0 aromatic heterocycles. The van der Waals surface area contributed by atoms with Gasteiger partial charge >= 0.3 is 0 Å². The third kappa shape index (κ3) is 8.10. The summed E-state index contributed by atoms with van der Waals surface area (Å²) in [5.41, 5.74) is 2.74. The van der Waals surface area contributed by atoms with Crippen molar-refractivity contribution in [3.05, 3.63) is 87.9 Å². The van der Waals surface area contributed by atoms with Crippen molar-refractivity contribution in [2.24, 2.45) is 0 Å². The van der Waals surface area contributed by atoms with Gasteiger partial charge in [-0.2, -0.15) is 0 Å². The summed E-state index contributed by atoms with van der Waals surface area (Å²) in [7, 11) is -2.74. The molecular weight excluding hydrogens is 606 g/mol. The summed E-state index contributed by atoms with van der Waals surface area (Å²) in [5, 5.41) is 2.94. The van der Waals surface area contributed by atoms with E-state index in [0.717, 1.165) is 31.9 Å². The van der Waals surface area contributed by atoms with Crippen molar-refractivity contribution in [2.75, 3.05) is 18.0 Å². The van der Waals surface area contributed by atoms with E-state index in [2.05, 4.69) is 21.2 Å². The predicted molar refractivity (Wildman–Crippen MR) is 165 cm³/mol. The smallest absolute Gasteiger partial charge is 0.264 e. The standard InChI is InChI=1S/C31H38BrN3O5S/c1-7-23(4)33-31(37)24(5)34(19-25-11-13-26(32)14-12-25)30(36)20-35(28-18-22(3)10-17-29(28)40-6)41(38,39)27-15-8-21(2)9-16-27/h8-18,23-24H,7,19-20H2,1-6H3,(H,33,37)/t23-,24+/m0/s1. The van der Waals surface area contributed by atoms with E-state index in [1.165, 1.54) is 24.1 Å². The Labute approximate surface area is 251 Å². The molecule has 3 rings (SSSR count). The van der Waals surface area contributed by atoms with Gasteiger partial charge in [-0.25, -0.2) is 8.42 Å². The number of hydrogen-bond acceptors (Lipinski definition) is 5. The van der Waals surface area contributed by atoms with E-state index in [-0.39, 0.29) is 29.1 Å². The number of rotatable bonds is 12. The van der Waals surface area contributed by atoms with Gasteiger partial charge in [0.25, 0.3) is 10.0 Å². The molecule has 0 aliphatic rings. The van der Waals surface area contributed by atoms with E-state index in [1.807, 2.05) is 58.0 Å². The first-order valence-electron chi connectivity index (χ1n) is 13.5. The Balaban J connectivity index is 2.09. The number of carbonyl (C=O) groups excluding carboxylic acids is 2. The fourth-order valence-electron chi connectivity index (χ4n) is 4.18. The number of carbonyl (C=O) groups is 2. The molecule has 1 N–H and O–H groups in total. The third-order valence-electron chi connectivity index (χ3n) is 6.93. The summed E-state index contributed by atoms with van der Waals surface area (Å²) in [6.07, 6.45) is 0.731. The van der Waals surface area contributed by atoms with Gasteiger partial charge in [0, 0.05) is 17.1 Å². The van der Waals surface area contributed by atoms with Gasteiger partial charge in [0.05, 0.1) is 17.7 Å². The molecule has 220 valence electrons. The number of benzene rings is 3. The molecule has 3 aromatic carbocycles. The van der Waals surface area contributed by atoms with Crippen molar-refractivity contribution in [3.8, 4) is 5.75 Å². The number of amides is 2. The van der Waals surface area contributed by atoms with Crippen LogP contribution in [0.25, 0.3) is 0 Å². The van der Waals surface area contributed by atoms with Crippen molar-refractivity contribution in [2.45, 2.75) is 64.6 Å². The lowest BCUT2D eigenvalue weighted by Crippen LogP contribution is -2.52. The van der Waals surface area contributed by atoms with Crippen LogP contribution in [0.15, 0.2) is 76.1 Å². The minimum Gasteiger partial charge on any atom is -0.495 e. The molecule has 0 aliphatic carbocycles. The van der Waals surface area contributed by atoms with Gasteiger partial charge in [0.15, 0.2) is 0 Å². The number of anilines is 1. The molecule has 0 saturated heterocycles. The van der Waals surface area contributed by atoms with Crippen molar-refractivity contribution in [1.29, 1.82) is 0 Å². The zero-order valence-corrected chi connectivity index (χ0v) is 26.8. The topological polar surface area (TPSA) is 96.0 Å². The minimum atomic E-state index is -4.20. The molecule has 0 spiro atoms. The highest BCUT2D eigenvalue weighted by atomic mass is 79.9. The highest BCUT2D eigenvalue weighted by molar-refractivity contribution is 9.10. The van der Waals surface area contributed by atoms with Gasteiger partial charge in [0.1, 0.15) is 18.3 Å². The van der Waals surface area contributed by atoms with Crippen LogP contribution in [0.1, 0.15) is 43.9 Å². The first-order chi connectivity index (χ1) is 19.4. The molecule has 0 aliphatic heterocycles. The molecule has 0 saturated carbocycles. The predicted octanol–water partition coefficient (Wildman–Crippen LogP) is 5.60. The second-order valence-electron chi connectivity index (χ2n) is 10.1. The summed E-state index contributed by atoms with van der Waals surface area (Å²) in [6, 6.07) is 18.1. The molecule has 2 amide bonds. The van der Waals surface area contributed by atoms with Crippen LogP contribution in [0.3, 0.4) is 0 Å². The maximum absolute atomic E-state index is 14.1. The summed E-state index contributed by atoms with van der Waals surface area (Å²) < 4.78 is 35.6. The van der Waals surface area contributed by atoms with Crippen molar-refractivity contribution >= 4 is 43.5 Å². The van der Waals surface area contributed by atoms with Gasteiger partial charge in [0.2, 0.25) is 11.8 Å². The zero-order valence-electron chi connectivity index (χ0n) is 24.3. The normalized spacial score (nSPS) is 12.8. The number of halogens is 1. The maximum Gasteiger partial charge on any atom is 0.264 e. The lowest BCUT2D eigenvalue weighted by Gasteiger charge is -2.33. The number of methoxy groups -OCH3 is 1.